The van der Waals surface area contributed by atoms with Crippen LogP contribution in [0.25, 0.3) is 11.0 Å². The van der Waals surface area contributed by atoms with E-state index in [1.807, 2.05) is 30.3 Å². The van der Waals surface area contributed by atoms with Gasteiger partial charge in [-0.05, 0) is 62.4 Å². The van der Waals surface area contributed by atoms with Crippen LogP contribution in [-0.4, -0.2) is 66.0 Å². The SMILES string of the molecule is CC(=O)O.Cc1cc(=O)oc2cc(NC(=O)[C@H](CCCN=C(N)N)NC(=O)[C@H](Cc3ccccc3)NC(=O)[C@@H]3CCCN3)ccc12. The molecule has 1 saturated heterocycles. The highest BCUT2D eigenvalue weighted by Gasteiger charge is 2.30. The molecule has 14 heteroatoms. The van der Waals surface area contributed by atoms with Gasteiger partial charge in [0.1, 0.15) is 17.7 Å². The number of carbonyl (C=O) groups excluding carboxylic acids is 3. The van der Waals surface area contributed by atoms with E-state index in [1.165, 1.54) is 6.07 Å². The molecule has 0 saturated carbocycles. The van der Waals surface area contributed by atoms with Crippen molar-refractivity contribution in [3.8, 4) is 0 Å². The fraction of sp³-hybridized carbons (Fsp3) is 0.375. The Bertz CT molecular complexity index is 1590. The normalized spacial score (nSPS) is 15.0. The van der Waals surface area contributed by atoms with Crippen molar-refractivity contribution in [3.63, 3.8) is 0 Å². The Morgan fingerprint density at radius 3 is 2.41 bits per heavy atom. The van der Waals surface area contributed by atoms with E-state index in [0.29, 0.717) is 24.1 Å². The Labute approximate surface area is 266 Å². The Hall–Kier alpha value is -5.24. The van der Waals surface area contributed by atoms with Crippen molar-refractivity contribution in [2.24, 2.45) is 16.5 Å². The van der Waals surface area contributed by atoms with Crippen LogP contribution in [-0.2, 0) is 25.6 Å². The molecular formula is C32H41N7O7. The van der Waals surface area contributed by atoms with Gasteiger partial charge in [-0.1, -0.05) is 30.3 Å². The highest BCUT2D eigenvalue weighted by Crippen LogP contribution is 2.21. The van der Waals surface area contributed by atoms with Crippen LogP contribution in [0, 0.1) is 6.92 Å². The molecule has 0 radical (unpaired) electrons. The molecule has 3 atom stereocenters. The zero-order valence-corrected chi connectivity index (χ0v) is 25.9. The summed E-state index contributed by atoms with van der Waals surface area (Å²) in [5.41, 5.74) is 12.7. The summed E-state index contributed by atoms with van der Waals surface area (Å²) in [6.45, 7) is 3.89. The van der Waals surface area contributed by atoms with Crippen LogP contribution in [0.5, 0.6) is 0 Å². The largest absolute Gasteiger partial charge is 0.481 e. The van der Waals surface area contributed by atoms with E-state index >= 15 is 0 Å². The van der Waals surface area contributed by atoms with Gasteiger partial charge in [0, 0.05) is 43.1 Å². The Balaban J connectivity index is 0.00000136. The number of anilines is 1. The molecular weight excluding hydrogens is 594 g/mol. The molecule has 1 aromatic heterocycles. The number of aliphatic imine (C=N–C) groups is 1. The van der Waals surface area contributed by atoms with E-state index in [9.17, 15) is 19.2 Å². The number of nitrogens with two attached hydrogens (primary N) is 2. The Kier molecular flexibility index (Phi) is 13.3. The van der Waals surface area contributed by atoms with Crippen molar-refractivity contribution in [3.05, 3.63) is 76.1 Å². The molecule has 0 spiro atoms. The number of carboxylic acids is 1. The molecule has 246 valence electrons. The maximum atomic E-state index is 13.6. The number of hydrogen-bond acceptors (Lipinski definition) is 8. The minimum Gasteiger partial charge on any atom is -0.481 e. The van der Waals surface area contributed by atoms with Gasteiger partial charge in [0.25, 0.3) is 5.97 Å². The fourth-order valence-electron chi connectivity index (χ4n) is 4.92. The number of hydrogen-bond donors (Lipinski definition) is 7. The second-order valence-electron chi connectivity index (χ2n) is 10.9. The lowest BCUT2D eigenvalue weighted by Crippen LogP contribution is -2.55. The zero-order valence-electron chi connectivity index (χ0n) is 25.9. The van der Waals surface area contributed by atoms with Crippen molar-refractivity contribution >= 4 is 46.3 Å². The number of benzene rings is 2. The van der Waals surface area contributed by atoms with Crippen molar-refractivity contribution in [1.29, 1.82) is 0 Å². The van der Waals surface area contributed by atoms with Crippen LogP contribution >= 0.6 is 0 Å². The van der Waals surface area contributed by atoms with E-state index in [0.717, 1.165) is 36.4 Å². The van der Waals surface area contributed by atoms with Gasteiger partial charge in [-0.2, -0.15) is 0 Å². The molecule has 0 unspecified atom stereocenters. The van der Waals surface area contributed by atoms with Gasteiger partial charge in [-0.3, -0.25) is 24.2 Å². The number of rotatable bonds is 12. The quantitative estimate of drug-likeness (QED) is 0.0649. The summed E-state index contributed by atoms with van der Waals surface area (Å²) in [6.07, 6.45) is 2.45. The third-order valence-electron chi connectivity index (χ3n) is 7.09. The number of aryl methyl sites for hydroxylation is 1. The summed E-state index contributed by atoms with van der Waals surface area (Å²) in [5.74, 6) is -2.14. The molecule has 0 bridgehead atoms. The number of nitrogens with one attached hydrogen (secondary N) is 4. The van der Waals surface area contributed by atoms with Crippen LogP contribution < -0.4 is 38.4 Å². The molecule has 9 N–H and O–H groups in total. The summed E-state index contributed by atoms with van der Waals surface area (Å²) in [7, 11) is 0. The predicted molar refractivity (Wildman–Crippen MR) is 174 cm³/mol. The molecule has 3 aromatic rings. The van der Waals surface area contributed by atoms with E-state index in [4.69, 9.17) is 25.8 Å². The van der Waals surface area contributed by atoms with Crippen molar-refractivity contribution in [2.75, 3.05) is 18.4 Å². The average molecular weight is 636 g/mol. The molecule has 1 aliphatic heterocycles. The number of aliphatic carboxylic acids is 1. The summed E-state index contributed by atoms with van der Waals surface area (Å²) < 4.78 is 5.30. The summed E-state index contributed by atoms with van der Waals surface area (Å²) in [5, 5.41) is 19.8. The fourth-order valence-corrected chi connectivity index (χ4v) is 4.92. The first-order chi connectivity index (χ1) is 21.9. The van der Waals surface area contributed by atoms with Crippen LogP contribution in [0.4, 0.5) is 5.69 Å². The molecule has 0 aliphatic carbocycles. The van der Waals surface area contributed by atoms with Gasteiger partial charge in [0.2, 0.25) is 17.7 Å². The minimum atomic E-state index is -0.966. The third kappa shape index (κ3) is 11.4. The Morgan fingerprint density at radius 1 is 1.04 bits per heavy atom. The van der Waals surface area contributed by atoms with Crippen molar-refractivity contribution < 1.29 is 28.7 Å². The first kappa shape index (κ1) is 35.2. The van der Waals surface area contributed by atoms with Gasteiger partial charge in [0.15, 0.2) is 5.96 Å². The Morgan fingerprint density at radius 2 is 1.76 bits per heavy atom. The van der Waals surface area contributed by atoms with Gasteiger partial charge in [-0.15, -0.1) is 0 Å². The van der Waals surface area contributed by atoms with E-state index in [1.54, 1.807) is 25.1 Å². The van der Waals surface area contributed by atoms with Gasteiger partial charge < -0.3 is 42.3 Å². The number of nitrogens with zero attached hydrogens (tertiary/aromatic N) is 1. The highest BCUT2D eigenvalue weighted by atomic mass is 16.4. The van der Waals surface area contributed by atoms with Crippen LogP contribution in [0.15, 0.2) is 68.8 Å². The number of fused-ring (bicyclic) bond motifs is 1. The minimum absolute atomic E-state index is 0.0702. The maximum absolute atomic E-state index is 13.6. The molecule has 14 nitrogen and oxygen atoms in total. The van der Waals surface area contributed by atoms with Crippen LogP contribution in [0.2, 0.25) is 0 Å². The zero-order chi connectivity index (χ0) is 33.6. The average Bonchev–Trinajstić information content (AvgIpc) is 3.53. The van der Waals surface area contributed by atoms with E-state index in [-0.39, 0.29) is 37.3 Å². The lowest BCUT2D eigenvalue weighted by molar-refractivity contribution is -0.134. The standard InChI is InChI=1S/C30H37N7O5.C2H4O2/c1-18-15-26(38)42-25-17-20(11-12-21(18)25)35-28(40)23(10-6-14-34-30(31)32)36-29(41)24(16-19-7-3-2-4-8-19)37-27(39)22-9-5-13-33-22;1-2(3)4/h2-4,7-8,11-12,15,17,22-24,33H,5-6,9-10,13-14,16H2,1H3,(H,35,40)(H,36,41)(H,37,39)(H4,31,32,34);1H3,(H,3,4)/t22-,23-,24-;/m0./s1. The van der Waals surface area contributed by atoms with Crippen LogP contribution in [0.1, 0.15) is 43.7 Å². The predicted octanol–water partition coefficient (Wildman–Crippen LogP) is 1.15. The maximum Gasteiger partial charge on any atom is 0.336 e. The lowest BCUT2D eigenvalue weighted by Gasteiger charge is -2.24. The monoisotopic (exact) mass is 635 g/mol. The van der Waals surface area contributed by atoms with Gasteiger partial charge >= 0.3 is 5.63 Å². The van der Waals surface area contributed by atoms with E-state index < -0.39 is 35.5 Å². The number of guanidine groups is 1. The van der Waals surface area contributed by atoms with Crippen molar-refractivity contribution in [2.45, 2.75) is 64.1 Å². The number of carboxylic acid groups (broad SMARTS) is 1. The first-order valence-corrected chi connectivity index (χ1v) is 14.9. The van der Waals surface area contributed by atoms with Crippen molar-refractivity contribution in [1.82, 2.24) is 16.0 Å². The van der Waals surface area contributed by atoms with E-state index in [2.05, 4.69) is 26.3 Å². The lowest BCUT2D eigenvalue weighted by atomic mass is 10.0. The third-order valence-corrected chi connectivity index (χ3v) is 7.09. The molecule has 1 aliphatic rings. The number of carbonyl (C=O) groups is 4. The molecule has 1 fully saturated rings. The smallest absolute Gasteiger partial charge is 0.336 e. The number of amides is 3. The first-order valence-electron chi connectivity index (χ1n) is 14.9. The molecule has 46 heavy (non-hydrogen) atoms. The van der Waals surface area contributed by atoms with Gasteiger partial charge in [0.05, 0.1) is 6.04 Å². The summed E-state index contributed by atoms with van der Waals surface area (Å²) in [6, 6.07) is 13.5. The molecule has 2 aromatic carbocycles. The molecule has 4 rings (SSSR count). The molecule has 2 heterocycles. The topological polar surface area (TPSA) is 231 Å². The second kappa shape index (κ2) is 17.3. The summed E-state index contributed by atoms with van der Waals surface area (Å²) in [4.78, 5) is 64.8. The van der Waals surface area contributed by atoms with Gasteiger partial charge in [-0.25, -0.2) is 4.79 Å². The molecule has 3 amide bonds. The second-order valence-corrected chi connectivity index (χ2v) is 10.9. The highest BCUT2D eigenvalue weighted by molar-refractivity contribution is 5.99. The summed E-state index contributed by atoms with van der Waals surface area (Å²) >= 11 is 0. The van der Waals surface area contributed by atoms with Crippen LogP contribution in [0.3, 0.4) is 0 Å².